The average Bonchev–Trinajstić information content (AvgIpc) is 3.34. The summed E-state index contributed by atoms with van der Waals surface area (Å²) in [6, 6.07) is 5.45. The van der Waals surface area contributed by atoms with E-state index in [1.165, 1.54) is 13.8 Å². The van der Waals surface area contributed by atoms with Crippen molar-refractivity contribution >= 4 is 23.7 Å². The molecule has 1 fully saturated rings. The predicted molar refractivity (Wildman–Crippen MR) is 83.1 cm³/mol. The minimum absolute atomic E-state index is 0.160. The van der Waals surface area contributed by atoms with Crippen molar-refractivity contribution in [3.05, 3.63) is 35.4 Å². The van der Waals surface area contributed by atoms with E-state index < -0.39 is 29.9 Å². The van der Waals surface area contributed by atoms with Crippen LogP contribution in [0.1, 0.15) is 47.4 Å². The highest BCUT2D eigenvalue weighted by molar-refractivity contribution is 6.22. The van der Waals surface area contributed by atoms with Crippen molar-refractivity contribution in [2.24, 2.45) is 0 Å². The fraction of sp³-hybridized carbons (Fsp3) is 0.412. The molecular weight excluding hydrogens is 312 g/mol. The Bertz CT molecular complexity index is 690. The Labute approximate surface area is 139 Å². The van der Waals surface area contributed by atoms with Crippen LogP contribution in [0, 0.1) is 0 Å². The van der Waals surface area contributed by atoms with Gasteiger partial charge in [0, 0.05) is 6.04 Å². The molecule has 3 amide bonds. The lowest BCUT2D eigenvalue weighted by molar-refractivity contribution is -0.158. The number of fused-ring (bicyclic) bond motifs is 1. The third-order valence-corrected chi connectivity index (χ3v) is 4.14. The molecule has 0 radical (unpaired) electrons. The highest BCUT2D eigenvalue weighted by atomic mass is 16.5. The predicted octanol–water partition coefficient (Wildman–Crippen LogP) is 0.881. The number of rotatable bonds is 5. The topological polar surface area (TPSA) is 92.8 Å². The van der Waals surface area contributed by atoms with E-state index in [1.54, 1.807) is 24.3 Å². The second-order valence-corrected chi connectivity index (χ2v) is 6.06. The minimum Gasteiger partial charge on any atom is -0.451 e. The fourth-order valence-electron chi connectivity index (χ4n) is 2.54. The summed E-state index contributed by atoms with van der Waals surface area (Å²) >= 11 is 0. The number of hydrogen-bond acceptors (Lipinski definition) is 5. The van der Waals surface area contributed by atoms with E-state index in [0.29, 0.717) is 0 Å². The van der Waals surface area contributed by atoms with Crippen LogP contribution in [0.2, 0.25) is 0 Å². The summed E-state index contributed by atoms with van der Waals surface area (Å²) < 4.78 is 5.11. The van der Waals surface area contributed by atoms with Crippen molar-refractivity contribution in [2.45, 2.75) is 44.9 Å². The second kappa shape index (κ2) is 6.07. The normalized spacial score (nSPS) is 18.8. The average molecular weight is 330 g/mol. The second-order valence-electron chi connectivity index (χ2n) is 6.06. The molecule has 2 aliphatic rings. The molecule has 0 saturated heterocycles. The van der Waals surface area contributed by atoms with Gasteiger partial charge in [-0.15, -0.1) is 0 Å². The molecule has 126 valence electrons. The minimum atomic E-state index is -1.10. The fourth-order valence-corrected chi connectivity index (χ4v) is 2.54. The summed E-state index contributed by atoms with van der Waals surface area (Å²) in [7, 11) is 0. The standard InChI is InChI=1S/C17H18N2O5/c1-9(17(23)24-10(2)14(20)18-11-7-8-11)19-15(21)12-5-3-4-6-13(12)16(19)22/h3-6,9-11H,7-8H2,1-2H3,(H,18,20)/t9-,10+/m0/s1. The van der Waals surface area contributed by atoms with Crippen LogP contribution in [0.4, 0.5) is 0 Å². The molecule has 0 spiro atoms. The van der Waals surface area contributed by atoms with Gasteiger partial charge in [0.05, 0.1) is 11.1 Å². The SMILES string of the molecule is C[C@@H](OC(=O)[C@H](C)N1C(=O)c2ccccc2C1=O)C(=O)NC1CC1. The van der Waals surface area contributed by atoms with E-state index in [4.69, 9.17) is 4.74 Å². The van der Waals surface area contributed by atoms with Crippen LogP contribution >= 0.6 is 0 Å². The van der Waals surface area contributed by atoms with Gasteiger partial charge in [0.2, 0.25) is 0 Å². The molecule has 1 N–H and O–H groups in total. The van der Waals surface area contributed by atoms with E-state index in [-0.39, 0.29) is 23.1 Å². The Morgan fingerprint density at radius 2 is 1.67 bits per heavy atom. The van der Waals surface area contributed by atoms with Crippen LogP contribution in [-0.2, 0) is 14.3 Å². The molecule has 1 aromatic rings. The summed E-state index contributed by atoms with van der Waals surface area (Å²) in [6.45, 7) is 2.88. The smallest absolute Gasteiger partial charge is 0.329 e. The first kappa shape index (κ1) is 16.2. The van der Waals surface area contributed by atoms with Gasteiger partial charge in [-0.2, -0.15) is 0 Å². The third-order valence-electron chi connectivity index (χ3n) is 4.14. The van der Waals surface area contributed by atoms with Crippen molar-refractivity contribution in [3.8, 4) is 0 Å². The Kier molecular flexibility index (Phi) is 4.09. The van der Waals surface area contributed by atoms with Crippen LogP contribution in [0.3, 0.4) is 0 Å². The first-order valence-corrected chi connectivity index (χ1v) is 7.88. The van der Waals surface area contributed by atoms with Crippen molar-refractivity contribution in [1.29, 1.82) is 0 Å². The van der Waals surface area contributed by atoms with Gasteiger partial charge >= 0.3 is 5.97 Å². The van der Waals surface area contributed by atoms with Gasteiger partial charge in [0.25, 0.3) is 17.7 Å². The van der Waals surface area contributed by atoms with Crippen LogP contribution in [0.15, 0.2) is 24.3 Å². The highest BCUT2D eigenvalue weighted by Crippen LogP contribution is 2.25. The van der Waals surface area contributed by atoms with Crippen molar-refractivity contribution in [3.63, 3.8) is 0 Å². The number of amides is 3. The van der Waals surface area contributed by atoms with Gasteiger partial charge in [0.15, 0.2) is 6.10 Å². The zero-order valence-corrected chi connectivity index (χ0v) is 13.4. The number of benzene rings is 1. The van der Waals surface area contributed by atoms with E-state index >= 15 is 0 Å². The maximum atomic E-state index is 12.3. The van der Waals surface area contributed by atoms with Gasteiger partial charge in [-0.3, -0.25) is 19.3 Å². The Balaban J connectivity index is 1.66. The van der Waals surface area contributed by atoms with Gasteiger partial charge in [0.1, 0.15) is 6.04 Å². The molecule has 7 heteroatoms. The number of esters is 1. The van der Waals surface area contributed by atoms with Crippen molar-refractivity contribution in [1.82, 2.24) is 10.2 Å². The number of carbonyl (C=O) groups excluding carboxylic acids is 4. The monoisotopic (exact) mass is 330 g/mol. The molecule has 1 aromatic carbocycles. The van der Waals surface area contributed by atoms with Gasteiger partial charge in [-0.25, -0.2) is 4.79 Å². The Morgan fingerprint density at radius 1 is 1.12 bits per heavy atom. The summed E-state index contributed by atoms with van der Waals surface area (Å²) in [5.74, 6) is -2.23. The Morgan fingerprint density at radius 3 is 2.17 bits per heavy atom. The van der Waals surface area contributed by atoms with Gasteiger partial charge < -0.3 is 10.1 Å². The maximum absolute atomic E-state index is 12.3. The third kappa shape index (κ3) is 2.89. The zero-order chi connectivity index (χ0) is 17.4. The summed E-state index contributed by atoms with van der Waals surface area (Å²) in [4.78, 5) is 49.6. The summed E-state index contributed by atoms with van der Waals surface area (Å²) in [5.41, 5.74) is 0.531. The largest absolute Gasteiger partial charge is 0.451 e. The lowest BCUT2D eigenvalue weighted by atomic mass is 10.1. The first-order valence-electron chi connectivity index (χ1n) is 7.88. The first-order chi connectivity index (χ1) is 11.4. The zero-order valence-electron chi connectivity index (χ0n) is 13.4. The van der Waals surface area contributed by atoms with Crippen LogP contribution in [-0.4, -0.2) is 46.8 Å². The van der Waals surface area contributed by atoms with E-state index in [9.17, 15) is 19.2 Å². The number of carbonyl (C=O) groups is 4. The van der Waals surface area contributed by atoms with Crippen LogP contribution in [0.5, 0.6) is 0 Å². The Hall–Kier alpha value is -2.70. The number of hydrogen-bond donors (Lipinski definition) is 1. The molecule has 1 aliphatic heterocycles. The molecule has 1 heterocycles. The molecule has 7 nitrogen and oxygen atoms in total. The molecule has 2 atom stereocenters. The number of ether oxygens (including phenoxy) is 1. The number of nitrogens with zero attached hydrogens (tertiary/aromatic N) is 1. The molecule has 1 saturated carbocycles. The lowest BCUT2D eigenvalue weighted by Crippen LogP contribution is -2.46. The van der Waals surface area contributed by atoms with Crippen molar-refractivity contribution < 1.29 is 23.9 Å². The van der Waals surface area contributed by atoms with Crippen LogP contribution in [0.25, 0.3) is 0 Å². The van der Waals surface area contributed by atoms with Gasteiger partial charge in [-0.1, -0.05) is 12.1 Å². The maximum Gasteiger partial charge on any atom is 0.329 e. The molecule has 0 unspecified atom stereocenters. The van der Waals surface area contributed by atoms with E-state index in [2.05, 4.69) is 5.32 Å². The summed E-state index contributed by atoms with van der Waals surface area (Å²) in [6.07, 6.45) is 0.881. The molecule has 0 bridgehead atoms. The van der Waals surface area contributed by atoms with Crippen LogP contribution < -0.4 is 5.32 Å². The van der Waals surface area contributed by atoms with E-state index in [0.717, 1.165) is 17.7 Å². The van der Waals surface area contributed by atoms with Crippen molar-refractivity contribution in [2.75, 3.05) is 0 Å². The van der Waals surface area contributed by atoms with E-state index in [1.807, 2.05) is 0 Å². The number of nitrogens with one attached hydrogen (secondary N) is 1. The number of imide groups is 1. The van der Waals surface area contributed by atoms with Gasteiger partial charge in [-0.05, 0) is 38.8 Å². The summed E-state index contributed by atoms with van der Waals surface area (Å²) in [5, 5.41) is 2.74. The quantitative estimate of drug-likeness (QED) is 0.639. The molecule has 0 aromatic heterocycles. The highest BCUT2D eigenvalue weighted by Gasteiger charge is 2.41. The lowest BCUT2D eigenvalue weighted by Gasteiger charge is -2.22. The molecule has 3 rings (SSSR count). The molecule has 24 heavy (non-hydrogen) atoms. The molecule has 1 aliphatic carbocycles. The molecular formula is C17H18N2O5.